The van der Waals surface area contributed by atoms with Gasteiger partial charge in [0.1, 0.15) is 0 Å². The van der Waals surface area contributed by atoms with Crippen LogP contribution in [0.5, 0.6) is 0 Å². The van der Waals surface area contributed by atoms with Gasteiger partial charge in [0.15, 0.2) is 0 Å². The van der Waals surface area contributed by atoms with Gasteiger partial charge in [0.2, 0.25) is 0 Å². The fourth-order valence-corrected chi connectivity index (χ4v) is 1.89. The largest absolute Gasteiger partial charge is 0.514 e. The van der Waals surface area contributed by atoms with Crippen molar-refractivity contribution in [2.75, 3.05) is 0 Å². The zero-order chi connectivity index (χ0) is 14.1. The SMILES string of the molecule is CC1(C)OB(c2ccc(CCC#N)cn2)OC1(C)C. The summed E-state index contributed by atoms with van der Waals surface area (Å²) in [7, 11) is -0.421. The molecule has 4 nitrogen and oxygen atoms in total. The van der Waals surface area contributed by atoms with E-state index in [0.717, 1.165) is 17.6 Å². The molecule has 100 valence electrons. The Morgan fingerprint density at radius 2 is 1.84 bits per heavy atom. The Kier molecular flexibility index (Phi) is 3.66. The third-order valence-electron chi connectivity index (χ3n) is 3.87. The molecule has 0 atom stereocenters. The number of hydrogen-bond acceptors (Lipinski definition) is 4. The van der Waals surface area contributed by atoms with Crippen LogP contribution in [0.1, 0.15) is 39.7 Å². The van der Waals surface area contributed by atoms with Crippen LogP contribution in [0.3, 0.4) is 0 Å². The highest BCUT2D eigenvalue weighted by molar-refractivity contribution is 6.61. The van der Waals surface area contributed by atoms with Gasteiger partial charge in [-0.1, -0.05) is 6.07 Å². The Morgan fingerprint density at radius 3 is 2.32 bits per heavy atom. The van der Waals surface area contributed by atoms with E-state index in [-0.39, 0.29) is 11.2 Å². The summed E-state index contributed by atoms with van der Waals surface area (Å²) in [6.07, 6.45) is 3.03. The first-order valence-electron chi connectivity index (χ1n) is 6.53. The molecule has 0 unspecified atom stereocenters. The minimum absolute atomic E-state index is 0.348. The fraction of sp³-hybridized carbons (Fsp3) is 0.571. The molecule has 1 aliphatic heterocycles. The van der Waals surface area contributed by atoms with Crippen molar-refractivity contribution < 1.29 is 9.31 Å². The Morgan fingerprint density at radius 1 is 1.21 bits per heavy atom. The van der Waals surface area contributed by atoms with Crippen molar-refractivity contribution >= 4 is 12.7 Å². The van der Waals surface area contributed by atoms with E-state index in [1.807, 2.05) is 39.8 Å². The summed E-state index contributed by atoms with van der Waals surface area (Å²) >= 11 is 0. The van der Waals surface area contributed by atoms with Gasteiger partial charge in [0.05, 0.1) is 22.9 Å². The number of nitriles is 1. The number of aryl methyl sites for hydroxylation is 1. The summed E-state index contributed by atoms with van der Waals surface area (Å²) in [5.74, 6) is 0. The van der Waals surface area contributed by atoms with Gasteiger partial charge >= 0.3 is 7.12 Å². The summed E-state index contributed by atoms with van der Waals surface area (Å²) in [6, 6.07) is 6.02. The molecule has 1 aromatic heterocycles. The van der Waals surface area contributed by atoms with E-state index in [0.29, 0.717) is 6.42 Å². The number of pyridine rings is 1. The highest BCUT2D eigenvalue weighted by Gasteiger charge is 2.52. The van der Waals surface area contributed by atoms with E-state index in [1.165, 1.54) is 0 Å². The summed E-state index contributed by atoms with van der Waals surface area (Å²) in [5, 5.41) is 8.56. The molecule has 19 heavy (non-hydrogen) atoms. The van der Waals surface area contributed by atoms with Gasteiger partial charge < -0.3 is 9.31 Å². The topological polar surface area (TPSA) is 55.1 Å². The zero-order valence-corrected chi connectivity index (χ0v) is 11.9. The van der Waals surface area contributed by atoms with Crippen molar-refractivity contribution in [2.24, 2.45) is 0 Å². The van der Waals surface area contributed by atoms with Crippen molar-refractivity contribution in [3.63, 3.8) is 0 Å². The molecular weight excluding hydrogens is 239 g/mol. The Labute approximate surface area is 114 Å². The van der Waals surface area contributed by atoms with Gasteiger partial charge in [-0.3, -0.25) is 4.98 Å². The van der Waals surface area contributed by atoms with Crippen LogP contribution in [0.15, 0.2) is 18.3 Å². The molecular formula is C14H19BN2O2. The van der Waals surface area contributed by atoms with Gasteiger partial charge in [-0.15, -0.1) is 0 Å². The maximum atomic E-state index is 8.56. The van der Waals surface area contributed by atoms with Crippen molar-refractivity contribution in [3.8, 4) is 6.07 Å². The minimum Gasteiger partial charge on any atom is -0.398 e. The second-order valence-electron chi connectivity index (χ2n) is 5.84. The second kappa shape index (κ2) is 4.95. The molecule has 0 bridgehead atoms. The average molecular weight is 258 g/mol. The third kappa shape index (κ3) is 2.80. The molecule has 2 heterocycles. The van der Waals surface area contributed by atoms with Crippen LogP contribution >= 0.6 is 0 Å². The summed E-state index contributed by atoms with van der Waals surface area (Å²) < 4.78 is 11.9. The van der Waals surface area contributed by atoms with Gasteiger partial charge in [0.25, 0.3) is 0 Å². The molecule has 5 heteroatoms. The predicted octanol–water partition coefficient (Wildman–Crippen LogP) is 1.84. The van der Waals surface area contributed by atoms with Crippen molar-refractivity contribution in [2.45, 2.75) is 51.7 Å². The molecule has 0 amide bonds. The second-order valence-corrected chi connectivity index (χ2v) is 5.84. The van der Waals surface area contributed by atoms with Crippen LogP contribution in [0.2, 0.25) is 0 Å². The van der Waals surface area contributed by atoms with E-state index >= 15 is 0 Å². The Balaban J connectivity index is 2.10. The Bertz CT molecular complexity index is 475. The first kappa shape index (κ1) is 14.0. The first-order valence-corrected chi connectivity index (χ1v) is 6.53. The van der Waals surface area contributed by atoms with Crippen LogP contribution in [-0.4, -0.2) is 23.3 Å². The number of nitrogens with zero attached hydrogens (tertiary/aromatic N) is 2. The molecule has 0 N–H and O–H groups in total. The van der Waals surface area contributed by atoms with E-state index in [9.17, 15) is 0 Å². The van der Waals surface area contributed by atoms with Crippen LogP contribution in [0.25, 0.3) is 0 Å². The normalized spacial score (nSPS) is 20.3. The summed E-state index contributed by atoms with van der Waals surface area (Å²) in [4.78, 5) is 4.39. The average Bonchev–Trinajstić information content (AvgIpc) is 2.56. The highest BCUT2D eigenvalue weighted by Crippen LogP contribution is 2.36. The monoisotopic (exact) mass is 258 g/mol. The Hall–Kier alpha value is -1.38. The van der Waals surface area contributed by atoms with E-state index in [4.69, 9.17) is 14.6 Å². The smallest absolute Gasteiger partial charge is 0.398 e. The van der Waals surface area contributed by atoms with Crippen LogP contribution in [-0.2, 0) is 15.7 Å². The molecule has 1 aliphatic rings. The predicted molar refractivity (Wildman–Crippen MR) is 73.9 cm³/mol. The van der Waals surface area contributed by atoms with E-state index in [1.54, 1.807) is 6.20 Å². The molecule has 1 saturated heterocycles. The van der Waals surface area contributed by atoms with Gasteiger partial charge in [0, 0.05) is 12.6 Å². The van der Waals surface area contributed by atoms with Crippen LogP contribution < -0.4 is 5.59 Å². The van der Waals surface area contributed by atoms with Crippen molar-refractivity contribution in [1.29, 1.82) is 5.26 Å². The fourth-order valence-electron chi connectivity index (χ4n) is 1.89. The molecule has 2 rings (SSSR count). The molecule has 0 radical (unpaired) electrons. The van der Waals surface area contributed by atoms with E-state index < -0.39 is 7.12 Å². The molecule has 0 saturated carbocycles. The molecule has 0 aliphatic carbocycles. The molecule has 0 aromatic carbocycles. The third-order valence-corrected chi connectivity index (χ3v) is 3.87. The minimum atomic E-state index is -0.421. The lowest BCUT2D eigenvalue weighted by Gasteiger charge is -2.32. The molecule has 1 fully saturated rings. The van der Waals surface area contributed by atoms with Crippen molar-refractivity contribution in [1.82, 2.24) is 4.98 Å². The first-order chi connectivity index (χ1) is 8.86. The quantitative estimate of drug-likeness (QED) is 0.776. The zero-order valence-electron chi connectivity index (χ0n) is 11.9. The highest BCUT2D eigenvalue weighted by atomic mass is 16.7. The van der Waals surface area contributed by atoms with Gasteiger partial charge in [-0.05, 0) is 45.7 Å². The standard InChI is InChI=1S/C14H19BN2O2/c1-13(2)14(3,4)19-15(18-13)12-8-7-11(10-17-12)6-5-9-16/h7-8,10H,5-6H2,1-4H3. The maximum absolute atomic E-state index is 8.56. The van der Waals surface area contributed by atoms with E-state index in [2.05, 4.69) is 11.1 Å². The number of hydrogen-bond donors (Lipinski definition) is 0. The maximum Gasteiger partial charge on any atom is 0.514 e. The molecule has 0 spiro atoms. The lowest BCUT2D eigenvalue weighted by molar-refractivity contribution is 0.00578. The van der Waals surface area contributed by atoms with Gasteiger partial charge in [-0.25, -0.2) is 0 Å². The van der Waals surface area contributed by atoms with Crippen molar-refractivity contribution in [3.05, 3.63) is 23.9 Å². The number of rotatable bonds is 3. The number of aromatic nitrogens is 1. The summed E-state index contributed by atoms with van der Waals surface area (Å²) in [6.45, 7) is 8.09. The molecule has 1 aromatic rings. The van der Waals surface area contributed by atoms with Gasteiger partial charge in [-0.2, -0.15) is 5.26 Å². The van der Waals surface area contributed by atoms with Crippen LogP contribution in [0.4, 0.5) is 0 Å². The lowest BCUT2D eigenvalue weighted by atomic mass is 9.84. The lowest BCUT2D eigenvalue weighted by Crippen LogP contribution is -2.41. The summed E-state index contributed by atoms with van der Waals surface area (Å²) in [5.41, 5.74) is 1.14. The van der Waals surface area contributed by atoms with Crippen LogP contribution in [0, 0.1) is 11.3 Å².